The molecule has 3 nitrogen and oxygen atoms in total. The first-order valence-corrected chi connectivity index (χ1v) is 9.50. The van der Waals surface area contributed by atoms with Gasteiger partial charge in [-0.1, -0.05) is 60.8 Å². The molecule has 0 aliphatic rings. The van der Waals surface area contributed by atoms with Gasteiger partial charge in [-0.2, -0.15) is 0 Å². The van der Waals surface area contributed by atoms with Crippen LogP contribution in [0.2, 0.25) is 10.0 Å². The molecule has 2 aromatic carbocycles. The maximum atomic E-state index is 13.1. The molecule has 0 fully saturated rings. The highest BCUT2D eigenvalue weighted by Gasteiger charge is 2.29. The molecule has 0 saturated carbocycles. The normalized spacial score (nSPS) is 11.2. The highest BCUT2D eigenvalue weighted by Crippen LogP contribution is 2.51. The van der Waals surface area contributed by atoms with Gasteiger partial charge in [-0.25, -0.2) is 4.57 Å². The molecule has 0 amide bonds. The second-order valence-corrected chi connectivity index (χ2v) is 7.58. The Bertz CT molecular complexity index is 624. The highest BCUT2D eigenvalue weighted by molar-refractivity contribution is 7.54. The number of rotatable bonds is 7. The highest BCUT2D eigenvalue weighted by atomic mass is 35.5. The molecule has 0 aromatic heterocycles. The smallest absolute Gasteiger partial charge is 0.414 e. The number of halogens is 2. The van der Waals surface area contributed by atoms with E-state index in [1.54, 1.807) is 48.5 Å². The first-order chi connectivity index (χ1) is 10.5. The van der Waals surface area contributed by atoms with Gasteiger partial charge in [0.25, 0.3) is 0 Å². The topological polar surface area (TPSA) is 35.5 Å². The van der Waals surface area contributed by atoms with E-state index in [-0.39, 0.29) is 0 Å². The van der Waals surface area contributed by atoms with Gasteiger partial charge < -0.3 is 9.05 Å². The van der Waals surface area contributed by atoms with Crippen LogP contribution in [0.15, 0.2) is 48.5 Å². The van der Waals surface area contributed by atoms with Crippen molar-refractivity contribution < 1.29 is 13.6 Å². The summed E-state index contributed by atoms with van der Waals surface area (Å²) in [6, 6.07) is 13.8. The van der Waals surface area contributed by atoms with Gasteiger partial charge in [-0.05, 0) is 30.7 Å². The van der Waals surface area contributed by atoms with Crippen molar-refractivity contribution in [3.8, 4) is 11.5 Å². The Hall–Kier alpha value is -1.15. The van der Waals surface area contributed by atoms with Gasteiger partial charge >= 0.3 is 7.60 Å². The molecule has 2 aromatic rings. The van der Waals surface area contributed by atoms with Crippen LogP contribution in [0.3, 0.4) is 0 Å². The van der Waals surface area contributed by atoms with Gasteiger partial charge in [-0.3, -0.25) is 0 Å². The molecule has 0 N–H and O–H groups in total. The van der Waals surface area contributed by atoms with Gasteiger partial charge in [0.2, 0.25) is 0 Å². The number of para-hydroxylation sites is 2. The van der Waals surface area contributed by atoms with Crippen molar-refractivity contribution in [3.63, 3.8) is 0 Å². The van der Waals surface area contributed by atoms with Crippen LogP contribution in [0.4, 0.5) is 0 Å². The van der Waals surface area contributed by atoms with E-state index in [9.17, 15) is 4.57 Å². The van der Waals surface area contributed by atoms with Gasteiger partial charge in [0, 0.05) is 0 Å². The van der Waals surface area contributed by atoms with Crippen LogP contribution in [-0.4, -0.2) is 6.16 Å². The van der Waals surface area contributed by atoms with Crippen molar-refractivity contribution >= 4 is 30.8 Å². The summed E-state index contributed by atoms with van der Waals surface area (Å²) in [7, 11) is -3.40. The third-order valence-corrected chi connectivity index (χ3v) is 5.37. The van der Waals surface area contributed by atoms with Crippen LogP contribution in [-0.2, 0) is 4.57 Å². The standard InChI is InChI=1S/C16H17Cl2O3P/c1-2-3-12-22(19,20-15-10-6-4-8-13(15)17)21-16-11-7-5-9-14(16)18/h4-11H,2-3,12H2,1H3. The zero-order chi connectivity index (χ0) is 16.0. The Labute approximate surface area is 140 Å². The lowest BCUT2D eigenvalue weighted by atomic mass is 10.3. The molecular weight excluding hydrogens is 342 g/mol. The summed E-state index contributed by atoms with van der Waals surface area (Å²) in [5.74, 6) is 0.686. The molecule has 0 atom stereocenters. The summed E-state index contributed by atoms with van der Waals surface area (Å²) >= 11 is 12.1. The minimum atomic E-state index is -3.40. The summed E-state index contributed by atoms with van der Waals surface area (Å²) < 4.78 is 24.3. The van der Waals surface area contributed by atoms with Gasteiger partial charge in [0.1, 0.15) is 11.5 Å². The molecule has 0 unspecified atom stereocenters. The van der Waals surface area contributed by atoms with Gasteiger partial charge in [0.05, 0.1) is 16.2 Å². The maximum Gasteiger partial charge on any atom is 0.430 e. The fourth-order valence-electron chi connectivity index (χ4n) is 1.80. The third kappa shape index (κ3) is 4.67. The summed E-state index contributed by atoms with van der Waals surface area (Å²) in [5.41, 5.74) is 0. The van der Waals surface area contributed by atoms with Crippen LogP contribution >= 0.6 is 30.8 Å². The molecule has 22 heavy (non-hydrogen) atoms. The molecule has 2 rings (SSSR count). The fraction of sp³-hybridized carbons (Fsp3) is 0.250. The predicted octanol–water partition coefficient (Wildman–Crippen LogP) is 6.44. The maximum absolute atomic E-state index is 13.1. The van der Waals surface area contributed by atoms with Gasteiger partial charge in [-0.15, -0.1) is 0 Å². The Kier molecular flexibility index (Phi) is 6.19. The second-order valence-electron chi connectivity index (χ2n) is 4.73. The van der Waals surface area contributed by atoms with E-state index in [1.807, 2.05) is 6.92 Å². The number of unbranched alkanes of at least 4 members (excludes halogenated alkanes) is 1. The van der Waals surface area contributed by atoms with E-state index < -0.39 is 7.60 Å². The summed E-state index contributed by atoms with van der Waals surface area (Å²) in [4.78, 5) is 0. The summed E-state index contributed by atoms with van der Waals surface area (Å²) in [6.45, 7) is 2.01. The lowest BCUT2D eigenvalue weighted by Gasteiger charge is -2.21. The average molecular weight is 359 g/mol. The molecule has 0 spiro atoms. The van der Waals surface area contributed by atoms with Crippen LogP contribution in [0.1, 0.15) is 19.8 Å². The van der Waals surface area contributed by atoms with Crippen LogP contribution < -0.4 is 9.05 Å². The van der Waals surface area contributed by atoms with Crippen LogP contribution in [0.25, 0.3) is 0 Å². The molecule has 0 bridgehead atoms. The number of benzene rings is 2. The molecular formula is C16H17Cl2O3P. The SMILES string of the molecule is CCCCP(=O)(Oc1ccccc1Cl)Oc1ccccc1Cl. The van der Waals surface area contributed by atoms with Crippen molar-refractivity contribution in [2.75, 3.05) is 6.16 Å². The zero-order valence-corrected chi connectivity index (χ0v) is 14.6. The lowest BCUT2D eigenvalue weighted by molar-refractivity contribution is 0.384. The summed E-state index contributed by atoms with van der Waals surface area (Å²) in [5, 5.41) is 0.781. The number of hydrogen-bond donors (Lipinski definition) is 0. The number of hydrogen-bond acceptors (Lipinski definition) is 3. The second kappa shape index (κ2) is 7.92. The predicted molar refractivity (Wildman–Crippen MR) is 91.5 cm³/mol. The Morgan fingerprint density at radius 1 is 0.909 bits per heavy atom. The molecule has 6 heteroatoms. The fourth-order valence-corrected chi connectivity index (χ4v) is 4.10. The molecule has 0 saturated heterocycles. The van der Waals surface area contributed by atoms with Crippen molar-refractivity contribution in [2.24, 2.45) is 0 Å². The summed E-state index contributed by atoms with van der Waals surface area (Å²) in [6.07, 6.45) is 1.88. The van der Waals surface area contributed by atoms with E-state index in [2.05, 4.69) is 0 Å². The van der Waals surface area contributed by atoms with E-state index in [0.717, 1.165) is 6.42 Å². The molecule has 0 aliphatic carbocycles. The van der Waals surface area contributed by atoms with Crippen LogP contribution in [0.5, 0.6) is 11.5 Å². The van der Waals surface area contributed by atoms with Crippen molar-refractivity contribution in [1.82, 2.24) is 0 Å². The van der Waals surface area contributed by atoms with E-state index in [1.165, 1.54) is 0 Å². The minimum absolute atomic E-state index is 0.292. The average Bonchev–Trinajstić information content (AvgIpc) is 2.50. The largest absolute Gasteiger partial charge is 0.430 e. The first kappa shape index (κ1) is 17.2. The Morgan fingerprint density at radius 3 is 1.77 bits per heavy atom. The quantitative estimate of drug-likeness (QED) is 0.533. The third-order valence-electron chi connectivity index (χ3n) is 2.93. The van der Waals surface area contributed by atoms with Crippen molar-refractivity contribution in [2.45, 2.75) is 19.8 Å². The minimum Gasteiger partial charge on any atom is -0.414 e. The monoisotopic (exact) mass is 358 g/mol. The molecule has 118 valence electrons. The van der Waals surface area contributed by atoms with E-state index in [4.69, 9.17) is 32.2 Å². The lowest BCUT2D eigenvalue weighted by Crippen LogP contribution is -2.06. The van der Waals surface area contributed by atoms with E-state index in [0.29, 0.717) is 34.1 Å². The van der Waals surface area contributed by atoms with E-state index >= 15 is 0 Å². The zero-order valence-electron chi connectivity index (χ0n) is 12.2. The Morgan fingerprint density at radius 2 is 1.36 bits per heavy atom. The molecule has 0 aliphatic heterocycles. The van der Waals surface area contributed by atoms with Crippen LogP contribution in [0, 0.1) is 0 Å². The van der Waals surface area contributed by atoms with Gasteiger partial charge in [0.15, 0.2) is 0 Å². The Balaban J connectivity index is 2.26. The van der Waals surface area contributed by atoms with Crippen molar-refractivity contribution in [1.29, 1.82) is 0 Å². The van der Waals surface area contributed by atoms with Crippen molar-refractivity contribution in [3.05, 3.63) is 58.6 Å². The first-order valence-electron chi connectivity index (χ1n) is 7.01. The molecule has 0 radical (unpaired) electrons. The molecule has 0 heterocycles.